The first-order chi connectivity index (χ1) is 9.06. The molecule has 107 valence electrons. The van der Waals surface area contributed by atoms with Gasteiger partial charge < -0.3 is 5.32 Å². The maximum atomic E-state index is 12.4. The summed E-state index contributed by atoms with van der Waals surface area (Å²) in [5, 5.41) is 3.15. The minimum absolute atomic E-state index is 0. The summed E-state index contributed by atoms with van der Waals surface area (Å²) >= 11 is 0. The third kappa shape index (κ3) is 4.36. The van der Waals surface area contributed by atoms with Gasteiger partial charge in [0.05, 0.1) is 18.5 Å². The second-order valence-corrected chi connectivity index (χ2v) is 10.3. The van der Waals surface area contributed by atoms with Gasteiger partial charge in [0, 0.05) is 45.7 Å². The molecule has 1 saturated heterocycles. The molecule has 1 fully saturated rings. The molecule has 0 saturated carbocycles. The summed E-state index contributed by atoms with van der Waals surface area (Å²) in [5.74, 6) is 0.231. The largest absolute Gasteiger partial charge is 0.322 e. The first kappa shape index (κ1) is 18.3. The molecule has 1 aromatic rings. The van der Waals surface area contributed by atoms with E-state index in [1.165, 1.54) is 31.3 Å². The van der Waals surface area contributed by atoms with Gasteiger partial charge in [-0.1, -0.05) is 18.2 Å². The molecule has 1 amide bonds. The van der Waals surface area contributed by atoms with Crippen LogP contribution >= 0.6 is 7.26 Å². The van der Waals surface area contributed by atoms with Gasteiger partial charge in [-0.25, -0.2) is 0 Å². The Morgan fingerprint density at radius 1 is 1.20 bits per heavy atom. The van der Waals surface area contributed by atoms with Gasteiger partial charge in [0.1, 0.15) is 6.16 Å². The molecule has 1 aliphatic rings. The van der Waals surface area contributed by atoms with E-state index < -0.39 is 7.26 Å². The number of hydrogen-bond donors (Lipinski definition) is 1. The van der Waals surface area contributed by atoms with Crippen molar-refractivity contribution < 1.29 is 37.5 Å². The van der Waals surface area contributed by atoms with E-state index in [2.05, 4.69) is 38.2 Å². The van der Waals surface area contributed by atoms with Crippen molar-refractivity contribution in [3.63, 3.8) is 0 Å². The van der Waals surface area contributed by atoms with E-state index in [1.54, 1.807) is 0 Å². The Bertz CT molecular complexity index is 449. The zero-order valence-corrected chi connectivity index (χ0v) is 16.6. The molecule has 2 nitrogen and oxygen atoms in total. The smallest absolute Gasteiger partial charge is 0.261 e. The predicted octanol–water partition coefficient (Wildman–Crippen LogP) is 4.07. The van der Waals surface area contributed by atoms with Crippen LogP contribution in [0.3, 0.4) is 0 Å². The van der Waals surface area contributed by atoms with Crippen LogP contribution in [0.5, 0.6) is 0 Å². The van der Waals surface area contributed by atoms with Crippen molar-refractivity contribution in [2.45, 2.75) is 33.6 Å². The van der Waals surface area contributed by atoms with Crippen LogP contribution in [0, 0.1) is 13.8 Å². The SMILES string of the molecule is CC[P+]1(CC(=O)Nc2c(C)cccc2C)CCCC1.[Y]. The maximum absolute atomic E-state index is 12.4. The quantitative estimate of drug-likeness (QED) is 0.799. The Hall–Kier alpha value is 0.224. The Morgan fingerprint density at radius 3 is 2.25 bits per heavy atom. The van der Waals surface area contributed by atoms with Crippen LogP contribution in [0.4, 0.5) is 5.69 Å². The summed E-state index contributed by atoms with van der Waals surface area (Å²) in [6.45, 7) is 6.39. The van der Waals surface area contributed by atoms with Crippen molar-refractivity contribution in [3.8, 4) is 0 Å². The van der Waals surface area contributed by atoms with Crippen LogP contribution in [0.15, 0.2) is 18.2 Å². The fourth-order valence-electron chi connectivity index (χ4n) is 3.09. The van der Waals surface area contributed by atoms with Crippen LogP contribution in [0.2, 0.25) is 0 Å². The molecule has 0 aromatic heterocycles. The monoisotopic (exact) mass is 367 g/mol. The van der Waals surface area contributed by atoms with Crippen LogP contribution in [-0.4, -0.2) is 30.6 Å². The first-order valence-corrected chi connectivity index (χ1v) is 9.80. The number of benzene rings is 1. The minimum Gasteiger partial charge on any atom is -0.322 e. The molecule has 2 rings (SSSR count). The van der Waals surface area contributed by atoms with Crippen molar-refractivity contribution in [2.75, 3.05) is 30.0 Å². The minimum atomic E-state index is -0.963. The van der Waals surface area contributed by atoms with Crippen molar-refractivity contribution >= 4 is 18.9 Å². The van der Waals surface area contributed by atoms with Crippen molar-refractivity contribution in [1.29, 1.82) is 0 Å². The predicted molar refractivity (Wildman–Crippen MR) is 85.8 cm³/mol. The summed E-state index contributed by atoms with van der Waals surface area (Å²) < 4.78 is 0. The molecule has 1 aromatic carbocycles. The average molecular weight is 367 g/mol. The van der Waals surface area contributed by atoms with Gasteiger partial charge in [0.2, 0.25) is 0 Å². The molecular weight excluding hydrogens is 342 g/mol. The van der Waals surface area contributed by atoms with Gasteiger partial charge in [-0.2, -0.15) is 0 Å². The summed E-state index contributed by atoms with van der Waals surface area (Å²) in [7, 11) is -0.963. The second kappa shape index (κ2) is 8.01. The summed E-state index contributed by atoms with van der Waals surface area (Å²) in [6.07, 6.45) is 7.33. The van der Waals surface area contributed by atoms with E-state index in [-0.39, 0.29) is 38.6 Å². The van der Waals surface area contributed by atoms with Crippen LogP contribution in [-0.2, 0) is 37.5 Å². The fourth-order valence-corrected chi connectivity index (χ4v) is 6.96. The van der Waals surface area contributed by atoms with Gasteiger partial charge in [-0.05, 0) is 44.7 Å². The molecule has 4 heteroatoms. The van der Waals surface area contributed by atoms with Gasteiger partial charge in [-0.15, -0.1) is 0 Å². The maximum Gasteiger partial charge on any atom is 0.261 e. The molecule has 1 aliphatic heterocycles. The topological polar surface area (TPSA) is 29.1 Å². The third-order valence-corrected chi connectivity index (χ3v) is 9.24. The molecule has 1 radical (unpaired) electrons. The molecule has 0 spiro atoms. The molecule has 1 heterocycles. The summed E-state index contributed by atoms with van der Waals surface area (Å²) in [4.78, 5) is 12.4. The van der Waals surface area contributed by atoms with E-state index in [1.807, 2.05) is 6.07 Å². The summed E-state index contributed by atoms with van der Waals surface area (Å²) in [6, 6.07) is 6.16. The number of hydrogen-bond acceptors (Lipinski definition) is 1. The normalized spacial score (nSPS) is 16.6. The van der Waals surface area contributed by atoms with Crippen LogP contribution < -0.4 is 5.32 Å². The number of carbonyl (C=O) groups excluding carboxylic acids is 1. The van der Waals surface area contributed by atoms with E-state index in [0.29, 0.717) is 0 Å². The number of nitrogens with one attached hydrogen (secondary N) is 1. The first-order valence-electron chi connectivity index (χ1n) is 7.27. The number of para-hydroxylation sites is 1. The number of carbonyl (C=O) groups is 1. The average Bonchev–Trinajstić information content (AvgIpc) is 2.83. The molecule has 0 unspecified atom stereocenters. The number of rotatable bonds is 4. The molecule has 0 bridgehead atoms. The standard InChI is InChI=1S/C16H24NOP.Y/c1-4-19(10-5-6-11-19)12-15(18)17-16-13(2)8-7-9-14(16)3;/h7-9H,4-6,10-12H2,1-3H3;/p+1. The van der Waals surface area contributed by atoms with E-state index >= 15 is 0 Å². The molecular formula is C16H25NOPY+. The number of amides is 1. The summed E-state index contributed by atoms with van der Waals surface area (Å²) in [5.41, 5.74) is 3.33. The van der Waals surface area contributed by atoms with E-state index in [0.717, 1.165) is 23.0 Å². The van der Waals surface area contributed by atoms with Crippen LogP contribution in [0.25, 0.3) is 0 Å². The van der Waals surface area contributed by atoms with Crippen molar-refractivity contribution in [3.05, 3.63) is 29.3 Å². The Morgan fingerprint density at radius 2 is 1.75 bits per heavy atom. The van der Waals surface area contributed by atoms with E-state index in [4.69, 9.17) is 0 Å². The van der Waals surface area contributed by atoms with Crippen LogP contribution in [0.1, 0.15) is 30.9 Å². The molecule has 0 aliphatic carbocycles. The van der Waals surface area contributed by atoms with Gasteiger partial charge >= 0.3 is 0 Å². The fraction of sp³-hybridized carbons (Fsp3) is 0.562. The Labute approximate surface area is 148 Å². The third-order valence-electron chi connectivity index (χ3n) is 4.41. The zero-order valence-electron chi connectivity index (χ0n) is 12.9. The van der Waals surface area contributed by atoms with Gasteiger partial charge in [0.15, 0.2) is 0 Å². The van der Waals surface area contributed by atoms with Gasteiger partial charge in [0.25, 0.3) is 5.91 Å². The van der Waals surface area contributed by atoms with Crippen molar-refractivity contribution in [1.82, 2.24) is 0 Å². The second-order valence-electron chi connectivity index (χ2n) is 5.79. The number of aryl methyl sites for hydroxylation is 2. The zero-order chi connectivity index (χ0) is 13.9. The Balaban J connectivity index is 0.00000200. The van der Waals surface area contributed by atoms with Crippen molar-refractivity contribution in [2.24, 2.45) is 0 Å². The molecule has 20 heavy (non-hydrogen) atoms. The number of anilines is 1. The van der Waals surface area contributed by atoms with E-state index in [9.17, 15) is 4.79 Å². The van der Waals surface area contributed by atoms with Gasteiger partial charge in [-0.3, -0.25) is 4.79 Å². The Kier molecular flexibility index (Phi) is 7.32. The molecule has 1 N–H and O–H groups in total. The molecule has 0 atom stereocenters.